The van der Waals surface area contributed by atoms with E-state index >= 15 is 0 Å². The second-order valence-corrected chi connectivity index (χ2v) is 5.65. The van der Waals surface area contributed by atoms with E-state index in [0.29, 0.717) is 23.4 Å². The molecule has 0 amide bonds. The molecule has 4 N–H and O–H groups in total. The quantitative estimate of drug-likeness (QED) is 0.685. The van der Waals surface area contributed by atoms with E-state index in [1.807, 2.05) is 42.5 Å². The summed E-state index contributed by atoms with van der Waals surface area (Å²) in [6, 6.07) is 16.5. The zero-order valence-corrected chi connectivity index (χ0v) is 14.6. The number of carbonyl (C=O) groups excluding carboxylic acids is 1. The topological polar surface area (TPSA) is 128 Å². The van der Waals surface area contributed by atoms with Gasteiger partial charge < -0.3 is 16.2 Å². The highest BCUT2D eigenvalue weighted by Gasteiger charge is 2.17. The summed E-state index contributed by atoms with van der Waals surface area (Å²) in [5.74, 6) is -0.345. The van der Waals surface area contributed by atoms with Crippen molar-refractivity contribution in [2.45, 2.75) is 6.92 Å². The van der Waals surface area contributed by atoms with Crippen LogP contribution in [0.5, 0.6) is 0 Å². The predicted molar refractivity (Wildman–Crippen MR) is 102 cm³/mol. The zero-order valence-electron chi connectivity index (χ0n) is 14.6. The molecule has 1 heterocycles. The Morgan fingerprint density at radius 3 is 2.37 bits per heavy atom. The van der Waals surface area contributed by atoms with Gasteiger partial charge >= 0.3 is 5.97 Å². The van der Waals surface area contributed by atoms with Crippen LogP contribution in [0.1, 0.15) is 22.8 Å². The number of hydrogen-bond donors (Lipinski definition) is 2. The molecular formula is C20H17N5O2. The molecule has 0 unspecified atom stereocenters. The molecule has 0 atom stereocenters. The van der Waals surface area contributed by atoms with E-state index in [4.69, 9.17) is 16.2 Å². The van der Waals surface area contributed by atoms with E-state index in [9.17, 15) is 10.1 Å². The SMILES string of the molecule is CCOC(=O)c1ccc(-c2ccccc2-c2nc(N)nc(N)c2C#N)cc1. The van der Waals surface area contributed by atoms with Crippen LogP contribution < -0.4 is 11.5 Å². The zero-order chi connectivity index (χ0) is 19.4. The summed E-state index contributed by atoms with van der Waals surface area (Å²) in [4.78, 5) is 19.9. The Bertz CT molecular complexity index is 1040. The lowest BCUT2D eigenvalue weighted by atomic mass is 9.95. The molecule has 0 saturated heterocycles. The summed E-state index contributed by atoms with van der Waals surface area (Å²) in [5, 5.41) is 9.46. The first-order chi connectivity index (χ1) is 13.0. The summed E-state index contributed by atoms with van der Waals surface area (Å²) in [7, 11) is 0. The van der Waals surface area contributed by atoms with Gasteiger partial charge in [-0.15, -0.1) is 0 Å². The number of rotatable bonds is 4. The smallest absolute Gasteiger partial charge is 0.338 e. The van der Waals surface area contributed by atoms with Gasteiger partial charge in [-0.3, -0.25) is 0 Å². The second-order valence-electron chi connectivity index (χ2n) is 5.65. The maximum absolute atomic E-state index is 11.8. The van der Waals surface area contributed by atoms with Crippen LogP contribution in [-0.4, -0.2) is 22.5 Å². The van der Waals surface area contributed by atoms with Crippen LogP contribution in [0, 0.1) is 11.3 Å². The Balaban J connectivity index is 2.11. The molecule has 0 aliphatic carbocycles. The largest absolute Gasteiger partial charge is 0.462 e. The van der Waals surface area contributed by atoms with Gasteiger partial charge in [0.2, 0.25) is 5.95 Å². The normalized spacial score (nSPS) is 10.2. The summed E-state index contributed by atoms with van der Waals surface area (Å²) >= 11 is 0. The molecule has 0 saturated carbocycles. The van der Waals surface area contributed by atoms with E-state index < -0.39 is 0 Å². The third-order valence-electron chi connectivity index (χ3n) is 3.96. The van der Waals surface area contributed by atoms with Gasteiger partial charge in [0.25, 0.3) is 0 Å². The average Bonchev–Trinajstić information content (AvgIpc) is 2.68. The van der Waals surface area contributed by atoms with Crippen molar-refractivity contribution in [3.63, 3.8) is 0 Å². The number of benzene rings is 2. The maximum Gasteiger partial charge on any atom is 0.338 e. The summed E-state index contributed by atoms with van der Waals surface area (Å²) < 4.78 is 5.00. The maximum atomic E-state index is 11.8. The van der Waals surface area contributed by atoms with Crippen LogP contribution in [0.3, 0.4) is 0 Å². The van der Waals surface area contributed by atoms with Crippen molar-refractivity contribution < 1.29 is 9.53 Å². The van der Waals surface area contributed by atoms with Crippen LogP contribution in [0.15, 0.2) is 48.5 Å². The first-order valence-electron chi connectivity index (χ1n) is 8.25. The molecule has 7 heteroatoms. The van der Waals surface area contributed by atoms with Crippen LogP contribution in [0.25, 0.3) is 22.4 Å². The number of esters is 1. The van der Waals surface area contributed by atoms with Gasteiger partial charge in [-0.2, -0.15) is 10.2 Å². The Kier molecular flexibility index (Phi) is 4.99. The van der Waals surface area contributed by atoms with Gasteiger partial charge in [0.1, 0.15) is 17.5 Å². The van der Waals surface area contributed by atoms with Crippen molar-refractivity contribution in [1.82, 2.24) is 9.97 Å². The summed E-state index contributed by atoms with van der Waals surface area (Å²) in [5.41, 5.74) is 14.9. The number of nitriles is 1. The molecule has 7 nitrogen and oxygen atoms in total. The monoisotopic (exact) mass is 359 g/mol. The summed E-state index contributed by atoms with van der Waals surface area (Å²) in [6.45, 7) is 2.07. The fraction of sp³-hybridized carbons (Fsp3) is 0.100. The van der Waals surface area contributed by atoms with Gasteiger partial charge in [-0.25, -0.2) is 9.78 Å². The van der Waals surface area contributed by atoms with E-state index in [2.05, 4.69) is 9.97 Å². The molecule has 0 aliphatic heterocycles. The van der Waals surface area contributed by atoms with Crippen molar-refractivity contribution >= 4 is 17.7 Å². The molecule has 1 aromatic heterocycles. The third kappa shape index (κ3) is 3.55. The highest BCUT2D eigenvalue weighted by atomic mass is 16.5. The van der Waals surface area contributed by atoms with Gasteiger partial charge in [0.05, 0.1) is 17.9 Å². The number of nitrogen functional groups attached to an aromatic ring is 2. The number of hydrogen-bond acceptors (Lipinski definition) is 7. The standard InChI is InChI=1S/C20H17N5O2/c1-2-27-19(26)13-9-7-12(8-10-13)14-5-3-4-6-15(14)17-16(11-21)18(22)25-20(23)24-17/h3-10H,2H2,1H3,(H4,22,23,24,25). The number of nitrogens with two attached hydrogens (primary N) is 2. The number of anilines is 2. The molecule has 0 spiro atoms. The van der Waals surface area contributed by atoms with Crippen molar-refractivity contribution in [2.75, 3.05) is 18.1 Å². The Labute approximate surface area is 156 Å². The van der Waals surface area contributed by atoms with E-state index in [0.717, 1.165) is 11.1 Å². The lowest BCUT2D eigenvalue weighted by Gasteiger charge is -2.12. The third-order valence-corrected chi connectivity index (χ3v) is 3.96. The summed E-state index contributed by atoms with van der Waals surface area (Å²) in [6.07, 6.45) is 0. The molecule has 0 bridgehead atoms. The molecule has 134 valence electrons. The van der Waals surface area contributed by atoms with Crippen molar-refractivity contribution in [3.05, 3.63) is 59.7 Å². The van der Waals surface area contributed by atoms with E-state index in [1.165, 1.54) is 0 Å². The Morgan fingerprint density at radius 2 is 1.74 bits per heavy atom. The lowest BCUT2D eigenvalue weighted by molar-refractivity contribution is 0.0526. The Hall–Kier alpha value is -3.92. The van der Waals surface area contributed by atoms with Crippen LogP contribution in [-0.2, 0) is 4.74 Å². The highest BCUT2D eigenvalue weighted by molar-refractivity contribution is 5.91. The minimum atomic E-state index is -0.375. The molecule has 3 rings (SSSR count). The molecule has 0 fully saturated rings. The second kappa shape index (κ2) is 7.54. The number of aromatic nitrogens is 2. The molecule has 27 heavy (non-hydrogen) atoms. The van der Waals surface area contributed by atoms with Gasteiger partial charge in [0, 0.05) is 5.56 Å². The first kappa shape index (κ1) is 17.9. The predicted octanol–water partition coefficient (Wildman–Crippen LogP) is 3.02. The molecule has 3 aromatic rings. The first-order valence-corrected chi connectivity index (χ1v) is 8.25. The molecule has 0 radical (unpaired) electrons. The lowest BCUT2D eigenvalue weighted by Crippen LogP contribution is -2.05. The number of carbonyl (C=O) groups is 1. The number of ether oxygens (including phenoxy) is 1. The molecule has 2 aromatic carbocycles. The minimum absolute atomic E-state index is 0.00559. The molecular weight excluding hydrogens is 342 g/mol. The fourth-order valence-corrected chi connectivity index (χ4v) is 2.74. The fourth-order valence-electron chi connectivity index (χ4n) is 2.74. The van der Waals surface area contributed by atoms with Crippen molar-refractivity contribution in [1.29, 1.82) is 5.26 Å². The number of nitrogens with zero attached hydrogens (tertiary/aromatic N) is 3. The minimum Gasteiger partial charge on any atom is -0.462 e. The highest BCUT2D eigenvalue weighted by Crippen LogP contribution is 2.34. The van der Waals surface area contributed by atoms with Crippen molar-refractivity contribution in [3.8, 4) is 28.5 Å². The van der Waals surface area contributed by atoms with Crippen LogP contribution in [0.2, 0.25) is 0 Å². The van der Waals surface area contributed by atoms with Gasteiger partial charge in [-0.05, 0) is 30.2 Å². The van der Waals surface area contributed by atoms with Gasteiger partial charge in [-0.1, -0.05) is 36.4 Å². The Morgan fingerprint density at radius 1 is 1.07 bits per heavy atom. The van der Waals surface area contributed by atoms with E-state index in [1.54, 1.807) is 19.1 Å². The van der Waals surface area contributed by atoms with Crippen LogP contribution >= 0.6 is 0 Å². The van der Waals surface area contributed by atoms with Gasteiger partial charge in [0.15, 0.2) is 0 Å². The molecule has 0 aliphatic rings. The van der Waals surface area contributed by atoms with Crippen LogP contribution in [0.4, 0.5) is 11.8 Å². The average molecular weight is 359 g/mol. The van der Waals surface area contributed by atoms with Crippen molar-refractivity contribution in [2.24, 2.45) is 0 Å². The van der Waals surface area contributed by atoms with E-state index in [-0.39, 0.29) is 23.3 Å².